The molecular formula is C25H31N3O5. The van der Waals surface area contributed by atoms with E-state index in [0.29, 0.717) is 0 Å². The van der Waals surface area contributed by atoms with Gasteiger partial charge in [-0.25, -0.2) is 9.59 Å². The van der Waals surface area contributed by atoms with Crippen LogP contribution >= 0.6 is 0 Å². The van der Waals surface area contributed by atoms with Gasteiger partial charge in [0, 0.05) is 19.0 Å². The minimum atomic E-state index is -1.11. The zero-order valence-electron chi connectivity index (χ0n) is 19.4. The number of benzene rings is 2. The first-order valence-electron chi connectivity index (χ1n) is 10.9. The molecule has 8 heteroatoms. The van der Waals surface area contributed by atoms with E-state index in [0.717, 1.165) is 22.3 Å². The van der Waals surface area contributed by atoms with E-state index in [1.165, 1.54) is 0 Å². The van der Waals surface area contributed by atoms with Gasteiger partial charge in [-0.3, -0.25) is 4.79 Å². The van der Waals surface area contributed by atoms with Crippen LogP contribution in [-0.4, -0.2) is 67.8 Å². The standard InChI is InChI=1S/C25H31N3O5/c1-25(2,23(31)27-21(22(29)30)13-28(3)4)15-26-24(32)33-14-20-18-11-7-5-9-16(18)17-10-6-8-12-19(17)20/h5-12,20-21H,13-15H2,1-4H3,(H,26,32)(H,27,31)(H,29,30)/t21-/m0/s1. The molecular weight excluding hydrogens is 422 g/mol. The lowest BCUT2D eigenvalue weighted by atomic mass is 9.92. The normalized spacial score (nSPS) is 13.7. The van der Waals surface area contributed by atoms with Crippen LogP contribution in [0.25, 0.3) is 11.1 Å². The van der Waals surface area contributed by atoms with Crippen LogP contribution in [0.15, 0.2) is 48.5 Å². The molecule has 3 N–H and O–H groups in total. The van der Waals surface area contributed by atoms with Crippen LogP contribution in [0.3, 0.4) is 0 Å². The number of ether oxygens (including phenoxy) is 1. The highest BCUT2D eigenvalue weighted by molar-refractivity contribution is 5.87. The van der Waals surface area contributed by atoms with Gasteiger partial charge in [-0.15, -0.1) is 0 Å². The summed E-state index contributed by atoms with van der Waals surface area (Å²) in [4.78, 5) is 38.1. The highest BCUT2D eigenvalue weighted by Crippen LogP contribution is 2.44. The number of amides is 2. The second kappa shape index (κ2) is 10.0. The Morgan fingerprint density at radius 2 is 1.58 bits per heavy atom. The summed E-state index contributed by atoms with van der Waals surface area (Å²) in [5.41, 5.74) is 3.50. The summed E-state index contributed by atoms with van der Waals surface area (Å²) >= 11 is 0. The van der Waals surface area contributed by atoms with Crippen molar-refractivity contribution >= 4 is 18.0 Å². The molecule has 176 valence electrons. The van der Waals surface area contributed by atoms with Crippen LogP contribution in [0.1, 0.15) is 30.9 Å². The van der Waals surface area contributed by atoms with E-state index >= 15 is 0 Å². The number of hydrogen-bond donors (Lipinski definition) is 3. The van der Waals surface area contributed by atoms with Gasteiger partial charge in [0.05, 0.1) is 5.41 Å². The number of hydrogen-bond acceptors (Lipinski definition) is 5. The van der Waals surface area contributed by atoms with Crippen LogP contribution in [-0.2, 0) is 14.3 Å². The van der Waals surface area contributed by atoms with Gasteiger partial charge in [0.2, 0.25) is 5.91 Å². The summed E-state index contributed by atoms with van der Waals surface area (Å²) in [6.07, 6.45) is -0.624. The Labute approximate surface area is 193 Å². The van der Waals surface area contributed by atoms with Gasteiger partial charge in [-0.2, -0.15) is 0 Å². The number of likely N-dealkylation sites (N-methyl/N-ethyl adjacent to an activating group) is 1. The Balaban J connectivity index is 1.56. The molecule has 2 amide bonds. The molecule has 8 nitrogen and oxygen atoms in total. The number of alkyl carbamates (subject to hydrolysis) is 1. The molecule has 1 atom stereocenters. The fourth-order valence-corrected chi connectivity index (χ4v) is 3.93. The summed E-state index contributed by atoms with van der Waals surface area (Å²) in [5.74, 6) is -1.63. The summed E-state index contributed by atoms with van der Waals surface area (Å²) in [5, 5.41) is 14.5. The van der Waals surface area contributed by atoms with Gasteiger partial charge in [0.25, 0.3) is 0 Å². The molecule has 0 spiro atoms. The van der Waals surface area contributed by atoms with Crippen molar-refractivity contribution < 1.29 is 24.2 Å². The summed E-state index contributed by atoms with van der Waals surface area (Å²) in [6, 6.07) is 15.1. The molecule has 0 radical (unpaired) electrons. The number of carboxylic acid groups (broad SMARTS) is 1. The third-order valence-corrected chi connectivity index (χ3v) is 5.78. The SMILES string of the molecule is CN(C)C[C@H](NC(=O)C(C)(C)CNC(=O)OCC1c2ccccc2-c2ccccc21)C(=O)O. The zero-order chi connectivity index (χ0) is 24.2. The lowest BCUT2D eigenvalue weighted by Gasteiger charge is -2.27. The van der Waals surface area contributed by atoms with Gasteiger partial charge in [0.1, 0.15) is 12.6 Å². The quantitative estimate of drug-likeness (QED) is 0.539. The van der Waals surface area contributed by atoms with Crippen molar-refractivity contribution in [1.29, 1.82) is 0 Å². The lowest BCUT2D eigenvalue weighted by molar-refractivity contribution is -0.143. The first kappa shape index (κ1) is 24.3. The molecule has 33 heavy (non-hydrogen) atoms. The first-order chi connectivity index (χ1) is 15.6. The van der Waals surface area contributed by atoms with Gasteiger partial charge < -0.3 is 25.4 Å². The molecule has 2 aromatic carbocycles. The van der Waals surface area contributed by atoms with Crippen molar-refractivity contribution in [1.82, 2.24) is 15.5 Å². The third-order valence-electron chi connectivity index (χ3n) is 5.78. The maximum Gasteiger partial charge on any atom is 0.407 e. The number of aliphatic carboxylic acids is 1. The van der Waals surface area contributed by atoms with E-state index in [1.54, 1.807) is 32.8 Å². The Bertz CT molecular complexity index is 989. The Morgan fingerprint density at radius 1 is 1.03 bits per heavy atom. The topological polar surface area (TPSA) is 108 Å². The summed E-state index contributed by atoms with van der Waals surface area (Å²) < 4.78 is 5.50. The molecule has 0 heterocycles. The van der Waals surface area contributed by atoms with Crippen molar-refractivity contribution in [3.8, 4) is 11.1 Å². The number of fused-ring (bicyclic) bond motifs is 3. The molecule has 0 saturated heterocycles. The van der Waals surface area contributed by atoms with Crippen LogP contribution in [0, 0.1) is 5.41 Å². The maximum atomic E-state index is 12.6. The van der Waals surface area contributed by atoms with Gasteiger partial charge in [0.15, 0.2) is 0 Å². The molecule has 0 aromatic heterocycles. The summed E-state index contributed by atoms with van der Waals surface area (Å²) in [6.45, 7) is 3.62. The number of carbonyl (C=O) groups is 3. The molecule has 0 unspecified atom stereocenters. The van der Waals surface area contributed by atoms with E-state index in [4.69, 9.17) is 4.74 Å². The second-order valence-corrected chi connectivity index (χ2v) is 9.19. The van der Waals surface area contributed by atoms with Crippen molar-refractivity contribution in [2.45, 2.75) is 25.8 Å². The fraction of sp³-hybridized carbons (Fsp3) is 0.400. The van der Waals surface area contributed by atoms with E-state index < -0.39 is 29.4 Å². The largest absolute Gasteiger partial charge is 0.480 e. The molecule has 0 bridgehead atoms. The third kappa shape index (κ3) is 5.70. The predicted molar refractivity (Wildman–Crippen MR) is 125 cm³/mol. The average molecular weight is 454 g/mol. The van der Waals surface area contributed by atoms with Gasteiger partial charge in [-0.1, -0.05) is 48.5 Å². The summed E-state index contributed by atoms with van der Waals surface area (Å²) in [7, 11) is 3.46. The number of carbonyl (C=O) groups excluding carboxylic acids is 2. The molecule has 3 rings (SSSR count). The number of carboxylic acids is 1. The van der Waals surface area contributed by atoms with Crippen LogP contribution in [0.5, 0.6) is 0 Å². The highest BCUT2D eigenvalue weighted by atomic mass is 16.5. The van der Waals surface area contributed by atoms with Gasteiger partial charge in [-0.05, 0) is 50.2 Å². The highest BCUT2D eigenvalue weighted by Gasteiger charge is 2.33. The average Bonchev–Trinajstić information content (AvgIpc) is 3.09. The second-order valence-electron chi connectivity index (χ2n) is 9.19. The maximum absolute atomic E-state index is 12.6. The predicted octanol–water partition coefficient (Wildman–Crippen LogP) is 2.68. The van der Waals surface area contributed by atoms with Crippen LogP contribution < -0.4 is 10.6 Å². The van der Waals surface area contributed by atoms with E-state index in [2.05, 4.69) is 22.8 Å². The molecule has 0 fully saturated rings. The van der Waals surface area contributed by atoms with Crippen LogP contribution in [0.2, 0.25) is 0 Å². The van der Waals surface area contributed by atoms with Crippen molar-refractivity contribution in [2.75, 3.05) is 33.8 Å². The van der Waals surface area contributed by atoms with Gasteiger partial charge >= 0.3 is 12.1 Å². The first-order valence-corrected chi connectivity index (χ1v) is 10.9. The minimum Gasteiger partial charge on any atom is -0.480 e. The van der Waals surface area contributed by atoms with E-state index in [9.17, 15) is 19.5 Å². The monoisotopic (exact) mass is 453 g/mol. The zero-order valence-corrected chi connectivity index (χ0v) is 19.4. The van der Waals surface area contributed by atoms with E-state index in [-0.39, 0.29) is 25.6 Å². The molecule has 0 aliphatic heterocycles. The molecule has 1 aliphatic carbocycles. The minimum absolute atomic E-state index is 0.00378. The lowest BCUT2D eigenvalue weighted by Crippen LogP contribution is -2.53. The van der Waals surface area contributed by atoms with Crippen molar-refractivity contribution in [3.05, 3.63) is 59.7 Å². The molecule has 0 saturated carbocycles. The Morgan fingerprint density at radius 3 is 2.09 bits per heavy atom. The number of nitrogens with one attached hydrogen (secondary N) is 2. The van der Waals surface area contributed by atoms with E-state index in [1.807, 2.05) is 36.4 Å². The van der Waals surface area contributed by atoms with Crippen molar-refractivity contribution in [2.24, 2.45) is 5.41 Å². The Hall–Kier alpha value is -3.39. The smallest absolute Gasteiger partial charge is 0.407 e. The molecule has 1 aliphatic rings. The number of nitrogens with zero attached hydrogens (tertiary/aromatic N) is 1. The Kier molecular flexibility index (Phi) is 7.38. The fourth-order valence-electron chi connectivity index (χ4n) is 3.93. The molecule has 2 aromatic rings. The van der Waals surface area contributed by atoms with Crippen LogP contribution in [0.4, 0.5) is 4.79 Å². The van der Waals surface area contributed by atoms with Crippen molar-refractivity contribution in [3.63, 3.8) is 0 Å². The number of rotatable bonds is 9.